The van der Waals surface area contributed by atoms with Crippen molar-refractivity contribution in [3.63, 3.8) is 0 Å². The second-order valence-corrected chi connectivity index (χ2v) is 7.76. The van der Waals surface area contributed by atoms with Gasteiger partial charge in [-0.1, -0.05) is 17.7 Å². The fourth-order valence-electron chi connectivity index (χ4n) is 3.60. The Balaban J connectivity index is 0.00000272. The molecule has 0 unspecified atom stereocenters. The van der Waals surface area contributed by atoms with Crippen LogP contribution in [0.1, 0.15) is 11.1 Å². The SMILES string of the molecule is COc1ccc(CNc2nnc(N3CCN(C)CC3)c3ccc(C#N)cc23)cc1Cl.Cl. The molecule has 4 rings (SSSR count). The number of aromatic nitrogens is 2. The van der Waals surface area contributed by atoms with Gasteiger partial charge in [-0.15, -0.1) is 22.6 Å². The Bertz CT molecular complexity index is 1110. The van der Waals surface area contributed by atoms with Crippen molar-refractivity contribution in [1.29, 1.82) is 5.26 Å². The standard InChI is InChI=1S/C22H23ClN6O.ClH/c1-28-7-9-29(10-8-28)22-17-5-3-15(13-24)11-18(17)21(26-27-22)25-14-16-4-6-20(30-2)19(23)12-16;/h3-6,11-12H,7-10,14H2,1-2H3,(H,25,26);1H. The summed E-state index contributed by atoms with van der Waals surface area (Å²) in [6, 6.07) is 13.5. The predicted octanol–water partition coefficient (Wildman–Crippen LogP) is 3.95. The van der Waals surface area contributed by atoms with Crippen LogP contribution in [-0.4, -0.2) is 55.4 Å². The average Bonchev–Trinajstić information content (AvgIpc) is 2.77. The van der Waals surface area contributed by atoms with E-state index in [1.54, 1.807) is 7.11 Å². The molecule has 0 bridgehead atoms. The number of nitriles is 1. The summed E-state index contributed by atoms with van der Waals surface area (Å²) < 4.78 is 5.21. The van der Waals surface area contributed by atoms with Crippen LogP contribution in [0, 0.1) is 11.3 Å². The van der Waals surface area contributed by atoms with Crippen LogP contribution in [0.25, 0.3) is 10.8 Å². The Kier molecular flexibility index (Phi) is 7.39. The molecule has 2 aromatic carbocycles. The lowest BCUT2D eigenvalue weighted by Gasteiger charge is -2.33. The molecule has 0 saturated carbocycles. The zero-order valence-electron chi connectivity index (χ0n) is 17.4. The third kappa shape index (κ3) is 4.93. The molecule has 0 spiro atoms. The van der Waals surface area contributed by atoms with Gasteiger partial charge < -0.3 is 19.9 Å². The lowest BCUT2D eigenvalue weighted by Crippen LogP contribution is -2.45. The summed E-state index contributed by atoms with van der Waals surface area (Å²) in [5, 5.41) is 24.2. The molecule has 7 nitrogen and oxygen atoms in total. The molecule has 9 heteroatoms. The van der Waals surface area contributed by atoms with Crippen molar-refractivity contribution >= 4 is 46.4 Å². The molecule has 1 aliphatic heterocycles. The van der Waals surface area contributed by atoms with Gasteiger partial charge in [0.1, 0.15) is 5.75 Å². The molecule has 1 fully saturated rings. The van der Waals surface area contributed by atoms with Crippen LogP contribution in [0.4, 0.5) is 11.6 Å². The number of ether oxygens (including phenoxy) is 1. The number of methoxy groups -OCH3 is 1. The second kappa shape index (κ2) is 10.0. The second-order valence-electron chi connectivity index (χ2n) is 7.36. The van der Waals surface area contributed by atoms with Crippen molar-refractivity contribution in [2.45, 2.75) is 6.54 Å². The van der Waals surface area contributed by atoms with Crippen molar-refractivity contribution in [1.82, 2.24) is 15.1 Å². The van der Waals surface area contributed by atoms with Gasteiger partial charge in [-0.25, -0.2) is 0 Å². The first-order valence-electron chi connectivity index (χ1n) is 9.79. The van der Waals surface area contributed by atoms with E-state index in [9.17, 15) is 5.26 Å². The van der Waals surface area contributed by atoms with E-state index in [2.05, 4.69) is 38.4 Å². The topological polar surface area (TPSA) is 77.3 Å². The number of piperazine rings is 1. The van der Waals surface area contributed by atoms with Gasteiger partial charge in [-0.05, 0) is 42.9 Å². The number of hydrogen-bond donors (Lipinski definition) is 1. The number of nitrogens with one attached hydrogen (secondary N) is 1. The molecule has 1 N–H and O–H groups in total. The fraction of sp³-hybridized carbons (Fsp3) is 0.318. The summed E-state index contributed by atoms with van der Waals surface area (Å²) in [7, 11) is 3.72. The maximum absolute atomic E-state index is 9.37. The molecule has 31 heavy (non-hydrogen) atoms. The van der Waals surface area contributed by atoms with E-state index in [1.165, 1.54) is 0 Å². The lowest BCUT2D eigenvalue weighted by molar-refractivity contribution is 0.312. The molecule has 0 aliphatic carbocycles. The first-order valence-corrected chi connectivity index (χ1v) is 10.2. The van der Waals surface area contributed by atoms with E-state index in [0.717, 1.165) is 48.3 Å². The third-order valence-electron chi connectivity index (χ3n) is 5.37. The Morgan fingerprint density at radius 1 is 1.10 bits per heavy atom. The van der Waals surface area contributed by atoms with Gasteiger partial charge in [-0.2, -0.15) is 5.26 Å². The quantitative estimate of drug-likeness (QED) is 0.619. The number of halogens is 2. The monoisotopic (exact) mass is 458 g/mol. The van der Waals surface area contributed by atoms with Gasteiger partial charge in [0.15, 0.2) is 11.6 Å². The van der Waals surface area contributed by atoms with Crippen molar-refractivity contribution in [3.8, 4) is 11.8 Å². The van der Waals surface area contributed by atoms with Crippen molar-refractivity contribution in [3.05, 3.63) is 52.5 Å². The molecule has 1 aromatic heterocycles. The molecule has 2 heterocycles. The minimum Gasteiger partial charge on any atom is -0.495 e. The fourth-order valence-corrected chi connectivity index (χ4v) is 3.88. The highest BCUT2D eigenvalue weighted by Gasteiger charge is 2.19. The first-order chi connectivity index (χ1) is 14.6. The van der Waals surface area contributed by atoms with Crippen molar-refractivity contribution in [2.75, 3.05) is 50.6 Å². The van der Waals surface area contributed by atoms with Crippen LogP contribution in [0.5, 0.6) is 5.75 Å². The maximum Gasteiger partial charge on any atom is 0.159 e. The van der Waals surface area contributed by atoms with Crippen LogP contribution in [0.2, 0.25) is 5.02 Å². The summed E-state index contributed by atoms with van der Waals surface area (Å²) >= 11 is 6.24. The molecule has 3 aromatic rings. The van der Waals surface area contributed by atoms with Gasteiger partial charge in [0.05, 0.1) is 23.8 Å². The lowest BCUT2D eigenvalue weighted by atomic mass is 10.1. The smallest absolute Gasteiger partial charge is 0.159 e. The van der Waals surface area contributed by atoms with Gasteiger partial charge in [0.2, 0.25) is 0 Å². The highest BCUT2D eigenvalue weighted by molar-refractivity contribution is 6.32. The van der Waals surface area contributed by atoms with E-state index in [4.69, 9.17) is 16.3 Å². The number of fused-ring (bicyclic) bond motifs is 1. The largest absolute Gasteiger partial charge is 0.495 e. The molecule has 0 atom stereocenters. The number of benzene rings is 2. The van der Waals surface area contributed by atoms with Crippen LogP contribution in [0.3, 0.4) is 0 Å². The van der Waals surface area contributed by atoms with Gasteiger partial charge in [-0.3, -0.25) is 0 Å². The summed E-state index contributed by atoms with van der Waals surface area (Å²) in [5.74, 6) is 2.15. The number of rotatable bonds is 5. The Labute approximate surface area is 193 Å². The zero-order valence-corrected chi connectivity index (χ0v) is 19.0. The van der Waals surface area contributed by atoms with Crippen LogP contribution in [0.15, 0.2) is 36.4 Å². The molecule has 0 amide bonds. The minimum absolute atomic E-state index is 0. The first kappa shape index (κ1) is 22.9. The maximum atomic E-state index is 9.37. The highest BCUT2D eigenvalue weighted by atomic mass is 35.5. The van der Waals surface area contributed by atoms with E-state index >= 15 is 0 Å². The summed E-state index contributed by atoms with van der Waals surface area (Å²) in [5.41, 5.74) is 1.59. The van der Waals surface area contributed by atoms with E-state index < -0.39 is 0 Å². The van der Waals surface area contributed by atoms with Gasteiger partial charge in [0, 0.05) is 43.5 Å². The van der Waals surface area contributed by atoms with Gasteiger partial charge >= 0.3 is 0 Å². The number of nitrogens with zero attached hydrogens (tertiary/aromatic N) is 5. The normalized spacial score (nSPS) is 14.1. The summed E-state index contributed by atoms with van der Waals surface area (Å²) in [6.07, 6.45) is 0. The number of likely N-dealkylation sites (N-methyl/N-ethyl adjacent to an activating group) is 1. The van der Waals surface area contributed by atoms with Crippen molar-refractivity contribution in [2.24, 2.45) is 0 Å². The molecule has 1 aliphatic rings. The Hall–Kier alpha value is -2.79. The van der Waals surface area contributed by atoms with E-state index in [-0.39, 0.29) is 12.4 Å². The van der Waals surface area contributed by atoms with E-state index in [0.29, 0.717) is 28.7 Å². The summed E-state index contributed by atoms with van der Waals surface area (Å²) in [4.78, 5) is 4.56. The zero-order chi connectivity index (χ0) is 21.1. The molecule has 0 radical (unpaired) electrons. The third-order valence-corrected chi connectivity index (χ3v) is 5.66. The number of anilines is 2. The molecular weight excluding hydrogens is 435 g/mol. The van der Waals surface area contributed by atoms with Crippen LogP contribution >= 0.6 is 24.0 Å². The Morgan fingerprint density at radius 2 is 1.87 bits per heavy atom. The number of hydrogen-bond acceptors (Lipinski definition) is 7. The molecule has 162 valence electrons. The molecule has 1 saturated heterocycles. The Morgan fingerprint density at radius 3 is 2.55 bits per heavy atom. The van der Waals surface area contributed by atoms with Gasteiger partial charge in [0.25, 0.3) is 0 Å². The predicted molar refractivity (Wildman–Crippen MR) is 127 cm³/mol. The minimum atomic E-state index is 0. The van der Waals surface area contributed by atoms with Crippen LogP contribution < -0.4 is 15.0 Å². The van der Waals surface area contributed by atoms with E-state index in [1.807, 2.05) is 36.4 Å². The summed E-state index contributed by atoms with van der Waals surface area (Å²) in [6.45, 7) is 4.29. The highest BCUT2D eigenvalue weighted by Crippen LogP contribution is 2.31. The van der Waals surface area contributed by atoms with Crippen LogP contribution in [-0.2, 0) is 6.54 Å². The van der Waals surface area contributed by atoms with Crippen molar-refractivity contribution < 1.29 is 4.74 Å². The molecular formula is C22H24Cl2N6O. The average molecular weight is 459 g/mol.